The minimum atomic E-state index is -0.568. The van der Waals surface area contributed by atoms with Crippen LogP contribution < -0.4 is 5.32 Å². The predicted molar refractivity (Wildman–Crippen MR) is 89.2 cm³/mol. The number of hydrogen-bond donors (Lipinski definition) is 1. The van der Waals surface area contributed by atoms with E-state index in [4.69, 9.17) is 9.47 Å². The molecule has 5 rings (SSSR count). The summed E-state index contributed by atoms with van der Waals surface area (Å²) in [5, 5.41) is 3.28. The van der Waals surface area contributed by atoms with Gasteiger partial charge in [-0.2, -0.15) is 0 Å². The topological polar surface area (TPSA) is 47.6 Å². The number of carbonyl (C=O) groups excluding carboxylic acids is 1. The smallest absolute Gasteiger partial charge is 0.251 e. The van der Waals surface area contributed by atoms with Gasteiger partial charge in [-0.1, -0.05) is 30.4 Å². The van der Waals surface area contributed by atoms with E-state index in [1.807, 2.05) is 44.2 Å². The van der Waals surface area contributed by atoms with Gasteiger partial charge in [-0.15, -0.1) is 0 Å². The third kappa shape index (κ3) is 2.02. The molecule has 1 aromatic carbocycles. The Hall–Kier alpha value is -1.65. The molecule has 1 aromatic rings. The Labute approximate surface area is 142 Å². The second-order valence-corrected chi connectivity index (χ2v) is 8.03. The molecule has 0 spiro atoms. The first-order valence-corrected chi connectivity index (χ1v) is 8.93. The molecule has 0 aromatic heterocycles. The van der Waals surface area contributed by atoms with Gasteiger partial charge in [0.25, 0.3) is 5.91 Å². The number of rotatable bonds is 2. The van der Waals surface area contributed by atoms with Crippen LogP contribution >= 0.6 is 0 Å². The van der Waals surface area contributed by atoms with Gasteiger partial charge in [0.1, 0.15) is 6.10 Å². The molecule has 3 aliphatic carbocycles. The van der Waals surface area contributed by atoms with Gasteiger partial charge >= 0.3 is 0 Å². The van der Waals surface area contributed by atoms with Crippen molar-refractivity contribution >= 4 is 5.91 Å². The first-order chi connectivity index (χ1) is 11.5. The average molecular weight is 325 g/mol. The molecule has 1 N–H and O–H groups in total. The van der Waals surface area contributed by atoms with Gasteiger partial charge in [-0.25, -0.2) is 0 Å². The number of fused-ring (bicyclic) bond motifs is 7. The summed E-state index contributed by atoms with van der Waals surface area (Å²) in [5.41, 5.74) is 0.703. The molecule has 1 amide bonds. The molecule has 24 heavy (non-hydrogen) atoms. The fraction of sp³-hybridized carbons (Fsp3) is 0.550. The number of ether oxygens (including phenoxy) is 2. The minimum Gasteiger partial charge on any atom is -0.346 e. The van der Waals surface area contributed by atoms with Crippen LogP contribution in [0.5, 0.6) is 0 Å². The minimum absolute atomic E-state index is 0.0138. The second kappa shape index (κ2) is 4.93. The van der Waals surface area contributed by atoms with Crippen LogP contribution in [0.1, 0.15) is 30.6 Å². The summed E-state index contributed by atoms with van der Waals surface area (Å²) in [6, 6.07) is 9.46. The van der Waals surface area contributed by atoms with Crippen molar-refractivity contribution in [2.24, 2.45) is 23.7 Å². The van der Waals surface area contributed by atoms with E-state index >= 15 is 0 Å². The Morgan fingerprint density at radius 2 is 1.71 bits per heavy atom. The molecule has 4 nitrogen and oxygen atoms in total. The number of allylic oxidation sites excluding steroid dienone is 2. The van der Waals surface area contributed by atoms with Gasteiger partial charge < -0.3 is 14.8 Å². The summed E-state index contributed by atoms with van der Waals surface area (Å²) in [6.45, 7) is 3.94. The van der Waals surface area contributed by atoms with Gasteiger partial charge in [-0.05, 0) is 56.1 Å². The van der Waals surface area contributed by atoms with E-state index in [1.165, 1.54) is 6.42 Å². The lowest BCUT2D eigenvalue weighted by molar-refractivity contribution is -0.163. The lowest BCUT2D eigenvalue weighted by Crippen LogP contribution is -2.47. The van der Waals surface area contributed by atoms with E-state index in [1.54, 1.807) is 0 Å². The molecule has 1 aliphatic heterocycles. The Bertz CT molecular complexity index is 698. The Morgan fingerprint density at radius 3 is 2.46 bits per heavy atom. The predicted octanol–water partition coefficient (Wildman–Crippen LogP) is 2.76. The lowest BCUT2D eigenvalue weighted by Gasteiger charge is -2.31. The van der Waals surface area contributed by atoms with Gasteiger partial charge in [-0.3, -0.25) is 4.79 Å². The van der Waals surface area contributed by atoms with Crippen molar-refractivity contribution in [3.8, 4) is 0 Å². The Morgan fingerprint density at radius 1 is 1.04 bits per heavy atom. The van der Waals surface area contributed by atoms with Crippen molar-refractivity contribution in [1.29, 1.82) is 0 Å². The third-order valence-corrected chi connectivity index (χ3v) is 6.23. The molecule has 2 bridgehead atoms. The van der Waals surface area contributed by atoms with Crippen LogP contribution in [0.3, 0.4) is 0 Å². The first-order valence-electron chi connectivity index (χ1n) is 8.93. The molecule has 1 heterocycles. The Kier molecular flexibility index (Phi) is 3.01. The maximum atomic E-state index is 12.7. The van der Waals surface area contributed by atoms with Crippen LogP contribution in [0.2, 0.25) is 0 Å². The molecule has 3 fully saturated rings. The maximum Gasteiger partial charge on any atom is 0.251 e. The fourth-order valence-electron chi connectivity index (χ4n) is 5.48. The van der Waals surface area contributed by atoms with Crippen LogP contribution in [0.4, 0.5) is 0 Å². The zero-order valence-corrected chi connectivity index (χ0v) is 14.0. The van der Waals surface area contributed by atoms with Crippen molar-refractivity contribution in [3.05, 3.63) is 48.0 Å². The lowest BCUT2D eigenvalue weighted by atomic mass is 9.83. The van der Waals surface area contributed by atoms with Crippen molar-refractivity contribution < 1.29 is 14.3 Å². The summed E-state index contributed by atoms with van der Waals surface area (Å²) in [5.74, 6) is 1.43. The number of amides is 1. The summed E-state index contributed by atoms with van der Waals surface area (Å²) in [6.07, 6.45) is 5.91. The molecule has 1 saturated heterocycles. The summed E-state index contributed by atoms with van der Waals surface area (Å²) >= 11 is 0. The van der Waals surface area contributed by atoms with E-state index in [-0.39, 0.29) is 24.2 Å². The van der Waals surface area contributed by atoms with Crippen molar-refractivity contribution in [2.75, 3.05) is 0 Å². The maximum absolute atomic E-state index is 12.7. The highest BCUT2D eigenvalue weighted by Crippen LogP contribution is 2.59. The summed E-state index contributed by atoms with van der Waals surface area (Å²) < 4.78 is 12.5. The van der Waals surface area contributed by atoms with Crippen molar-refractivity contribution in [3.63, 3.8) is 0 Å². The van der Waals surface area contributed by atoms with Gasteiger partial charge in [0.2, 0.25) is 0 Å². The number of nitrogens with one attached hydrogen (secondary N) is 1. The van der Waals surface area contributed by atoms with E-state index in [9.17, 15) is 4.79 Å². The Balaban J connectivity index is 1.45. The summed E-state index contributed by atoms with van der Waals surface area (Å²) in [4.78, 5) is 12.7. The zero-order chi connectivity index (χ0) is 16.5. The second-order valence-electron chi connectivity index (χ2n) is 8.03. The van der Waals surface area contributed by atoms with Gasteiger partial charge in [0, 0.05) is 5.56 Å². The van der Waals surface area contributed by atoms with Crippen LogP contribution in [0, 0.1) is 23.7 Å². The SMILES string of the molecule is CC1(C)O[C@@H]2[C@@H](NC(=O)c3ccccc3)[C@@H]3[C@H]([C@@H]2O1)[C@@H]1C=C[C@H]3C1. The first kappa shape index (κ1) is 14.7. The van der Waals surface area contributed by atoms with Gasteiger partial charge in [0.05, 0.1) is 12.1 Å². The van der Waals surface area contributed by atoms with Crippen LogP contribution in [0.25, 0.3) is 0 Å². The van der Waals surface area contributed by atoms with E-state index in [2.05, 4.69) is 17.5 Å². The average Bonchev–Trinajstić information content (AvgIpc) is 3.29. The van der Waals surface area contributed by atoms with E-state index in [0.29, 0.717) is 29.2 Å². The quantitative estimate of drug-likeness (QED) is 0.851. The highest BCUT2D eigenvalue weighted by Gasteiger charge is 2.65. The highest BCUT2D eigenvalue weighted by molar-refractivity contribution is 5.94. The molecule has 4 aliphatic rings. The zero-order valence-electron chi connectivity index (χ0n) is 14.0. The number of hydrogen-bond acceptors (Lipinski definition) is 3. The number of carbonyl (C=O) groups is 1. The van der Waals surface area contributed by atoms with E-state index in [0.717, 1.165) is 0 Å². The molecule has 4 heteroatoms. The van der Waals surface area contributed by atoms with Gasteiger partial charge in [0.15, 0.2) is 5.79 Å². The van der Waals surface area contributed by atoms with Crippen LogP contribution in [-0.2, 0) is 9.47 Å². The molecule has 0 unspecified atom stereocenters. The molecule has 126 valence electrons. The molecule has 0 radical (unpaired) electrons. The van der Waals surface area contributed by atoms with Crippen LogP contribution in [0.15, 0.2) is 42.5 Å². The van der Waals surface area contributed by atoms with Crippen molar-refractivity contribution in [2.45, 2.75) is 44.3 Å². The third-order valence-electron chi connectivity index (χ3n) is 6.23. The van der Waals surface area contributed by atoms with Crippen molar-refractivity contribution in [1.82, 2.24) is 5.32 Å². The standard InChI is InChI=1S/C20H23NO3/c1-20(2)23-17-15-13-9-8-12(10-13)14(15)16(18(17)24-20)21-19(22)11-6-4-3-5-7-11/h3-9,12-18H,10H2,1-2H3,(H,21,22)/t12-,13+,14-,15+,16-,17-,18+/m0/s1. The largest absolute Gasteiger partial charge is 0.346 e. The highest BCUT2D eigenvalue weighted by atomic mass is 16.8. The molecule has 2 saturated carbocycles. The fourth-order valence-corrected chi connectivity index (χ4v) is 5.48. The summed E-state index contributed by atoms with van der Waals surface area (Å²) in [7, 11) is 0. The van der Waals surface area contributed by atoms with Crippen LogP contribution in [-0.4, -0.2) is 29.9 Å². The monoisotopic (exact) mass is 325 g/mol. The van der Waals surface area contributed by atoms with E-state index < -0.39 is 5.79 Å². The molecular formula is C20H23NO3. The normalized spacial score (nSPS) is 43.7. The molecular weight excluding hydrogens is 302 g/mol. The number of benzene rings is 1. The molecule has 7 atom stereocenters.